The Morgan fingerprint density at radius 2 is 1.70 bits per heavy atom. The highest BCUT2D eigenvalue weighted by Gasteiger charge is 2.12. The molecule has 0 amide bonds. The Morgan fingerprint density at radius 1 is 1.05 bits per heavy atom. The van der Waals surface area contributed by atoms with Crippen LogP contribution in [0.2, 0.25) is 5.02 Å². The maximum atomic E-state index is 6.16. The molecule has 0 bridgehead atoms. The molecule has 0 aliphatic rings. The molecule has 20 heavy (non-hydrogen) atoms. The first kappa shape index (κ1) is 15.4. The molecular weight excluding hydrogens is 334 g/mol. The molecule has 0 radical (unpaired) electrons. The van der Waals surface area contributed by atoms with E-state index in [2.05, 4.69) is 66.3 Å². The molecule has 0 atom stereocenters. The average molecular weight is 353 g/mol. The van der Waals surface area contributed by atoms with Crippen LogP contribution in [-0.4, -0.2) is 0 Å². The molecule has 0 spiro atoms. The Bertz CT molecular complexity index is 585. The predicted octanol–water partition coefficient (Wildman–Crippen LogP) is 6.01. The zero-order valence-electron chi connectivity index (χ0n) is 12.0. The van der Waals surface area contributed by atoms with E-state index in [1.54, 1.807) is 0 Å². The molecular formula is C17H19BrClN. The van der Waals surface area contributed by atoms with E-state index >= 15 is 0 Å². The fraction of sp³-hybridized carbons (Fsp3) is 0.294. The normalized spacial score (nSPS) is 11.4. The Hall–Kier alpha value is -0.990. The van der Waals surface area contributed by atoms with Gasteiger partial charge in [0.1, 0.15) is 0 Å². The maximum absolute atomic E-state index is 6.16. The monoisotopic (exact) mass is 351 g/mol. The van der Waals surface area contributed by atoms with Gasteiger partial charge in [-0.15, -0.1) is 0 Å². The summed E-state index contributed by atoms with van der Waals surface area (Å²) in [4.78, 5) is 0. The Kier molecular flexibility index (Phi) is 4.77. The lowest BCUT2D eigenvalue weighted by molar-refractivity contribution is 0.590. The number of benzene rings is 2. The number of nitrogens with one attached hydrogen (secondary N) is 1. The van der Waals surface area contributed by atoms with Crippen molar-refractivity contribution in [1.82, 2.24) is 0 Å². The van der Waals surface area contributed by atoms with Crippen molar-refractivity contribution < 1.29 is 0 Å². The molecule has 0 saturated heterocycles. The van der Waals surface area contributed by atoms with E-state index in [9.17, 15) is 0 Å². The second kappa shape index (κ2) is 6.19. The summed E-state index contributed by atoms with van der Waals surface area (Å²) in [5.41, 5.74) is 3.73. The van der Waals surface area contributed by atoms with Crippen LogP contribution in [-0.2, 0) is 12.0 Å². The zero-order valence-corrected chi connectivity index (χ0v) is 14.3. The molecule has 0 aromatic heterocycles. The van der Waals surface area contributed by atoms with E-state index in [1.807, 2.05) is 18.2 Å². The van der Waals surface area contributed by atoms with Gasteiger partial charge in [0, 0.05) is 11.0 Å². The first-order valence-electron chi connectivity index (χ1n) is 6.64. The van der Waals surface area contributed by atoms with Crippen LogP contribution in [0.1, 0.15) is 31.9 Å². The number of rotatable bonds is 3. The van der Waals surface area contributed by atoms with Gasteiger partial charge in [-0.2, -0.15) is 0 Å². The largest absolute Gasteiger partial charge is 0.380 e. The molecule has 106 valence electrons. The lowest BCUT2D eigenvalue weighted by Gasteiger charge is -2.19. The van der Waals surface area contributed by atoms with E-state index in [1.165, 1.54) is 11.1 Å². The number of hydrogen-bond acceptors (Lipinski definition) is 1. The van der Waals surface area contributed by atoms with Crippen molar-refractivity contribution in [3.05, 3.63) is 63.1 Å². The Labute approximate surface area is 134 Å². The topological polar surface area (TPSA) is 12.0 Å². The van der Waals surface area contributed by atoms with Crippen molar-refractivity contribution in [3.8, 4) is 0 Å². The van der Waals surface area contributed by atoms with Crippen LogP contribution in [0.3, 0.4) is 0 Å². The summed E-state index contributed by atoms with van der Waals surface area (Å²) in [5.74, 6) is 0. The van der Waals surface area contributed by atoms with Crippen molar-refractivity contribution in [1.29, 1.82) is 0 Å². The third-order valence-corrected chi connectivity index (χ3v) is 4.05. The minimum atomic E-state index is 0.194. The van der Waals surface area contributed by atoms with Crippen LogP contribution in [0.5, 0.6) is 0 Å². The van der Waals surface area contributed by atoms with Crippen molar-refractivity contribution in [2.75, 3.05) is 5.32 Å². The van der Waals surface area contributed by atoms with Gasteiger partial charge in [0.2, 0.25) is 0 Å². The van der Waals surface area contributed by atoms with E-state index in [0.717, 1.165) is 21.7 Å². The molecule has 0 aliphatic heterocycles. The summed E-state index contributed by atoms with van der Waals surface area (Å²) in [6, 6.07) is 14.5. The zero-order chi connectivity index (χ0) is 14.8. The quantitative estimate of drug-likeness (QED) is 0.713. The van der Waals surface area contributed by atoms with Gasteiger partial charge in [0.25, 0.3) is 0 Å². The summed E-state index contributed by atoms with van der Waals surface area (Å²) in [6.45, 7) is 7.44. The van der Waals surface area contributed by atoms with Crippen LogP contribution in [0, 0.1) is 0 Å². The third-order valence-electron chi connectivity index (χ3n) is 3.23. The highest BCUT2D eigenvalue weighted by molar-refractivity contribution is 9.10. The summed E-state index contributed by atoms with van der Waals surface area (Å²) in [7, 11) is 0. The maximum Gasteiger partial charge on any atom is 0.0638 e. The van der Waals surface area contributed by atoms with Gasteiger partial charge in [0.15, 0.2) is 0 Å². The van der Waals surface area contributed by atoms with Crippen molar-refractivity contribution >= 4 is 33.2 Å². The first-order valence-corrected chi connectivity index (χ1v) is 7.82. The number of anilines is 1. The molecule has 1 N–H and O–H groups in total. The predicted molar refractivity (Wildman–Crippen MR) is 91.6 cm³/mol. The standard InChI is InChI=1S/C17H19BrClN/c1-17(2,3)13-6-4-12(5-7-13)11-20-16-10-14(18)8-9-15(16)19/h4-10,20H,11H2,1-3H3. The molecule has 0 heterocycles. The fourth-order valence-corrected chi connectivity index (χ4v) is 2.50. The van der Waals surface area contributed by atoms with Gasteiger partial charge < -0.3 is 5.32 Å². The average Bonchev–Trinajstić information content (AvgIpc) is 2.39. The molecule has 0 saturated carbocycles. The molecule has 1 nitrogen and oxygen atoms in total. The van der Waals surface area contributed by atoms with Gasteiger partial charge in [-0.25, -0.2) is 0 Å². The second-order valence-corrected chi connectivity index (χ2v) is 7.25. The molecule has 2 aromatic carbocycles. The lowest BCUT2D eigenvalue weighted by atomic mass is 9.87. The van der Waals surface area contributed by atoms with Gasteiger partial charge in [-0.3, -0.25) is 0 Å². The van der Waals surface area contributed by atoms with E-state index in [0.29, 0.717) is 0 Å². The van der Waals surface area contributed by atoms with Crippen LogP contribution >= 0.6 is 27.5 Å². The van der Waals surface area contributed by atoms with E-state index in [-0.39, 0.29) is 5.41 Å². The van der Waals surface area contributed by atoms with Crippen molar-refractivity contribution in [2.24, 2.45) is 0 Å². The summed E-state index contributed by atoms with van der Waals surface area (Å²) in [6.07, 6.45) is 0. The fourth-order valence-electron chi connectivity index (χ4n) is 1.95. The van der Waals surface area contributed by atoms with Crippen LogP contribution < -0.4 is 5.32 Å². The van der Waals surface area contributed by atoms with E-state index < -0.39 is 0 Å². The Morgan fingerprint density at radius 3 is 2.30 bits per heavy atom. The molecule has 0 aliphatic carbocycles. The van der Waals surface area contributed by atoms with Crippen LogP contribution in [0.4, 0.5) is 5.69 Å². The smallest absolute Gasteiger partial charge is 0.0638 e. The Balaban J connectivity index is 2.06. The van der Waals surface area contributed by atoms with Crippen LogP contribution in [0.15, 0.2) is 46.9 Å². The molecule has 0 fully saturated rings. The summed E-state index contributed by atoms with van der Waals surface area (Å²) in [5, 5.41) is 4.10. The third kappa shape index (κ3) is 4.00. The van der Waals surface area contributed by atoms with Gasteiger partial charge in [-0.05, 0) is 34.7 Å². The highest BCUT2D eigenvalue weighted by Crippen LogP contribution is 2.26. The SMILES string of the molecule is CC(C)(C)c1ccc(CNc2cc(Br)ccc2Cl)cc1. The number of hydrogen-bond donors (Lipinski definition) is 1. The molecule has 2 rings (SSSR count). The molecule has 0 unspecified atom stereocenters. The minimum Gasteiger partial charge on any atom is -0.380 e. The lowest BCUT2D eigenvalue weighted by Crippen LogP contribution is -2.11. The molecule has 2 aromatic rings. The first-order chi connectivity index (χ1) is 9.36. The molecule has 3 heteroatoms. The van der Waals surface area contributed by atoms with Gasteiger partial charge >= 0.3 is 0 Å². The summed E-state index contributed by atoms with van der Waals surface area (Å²) < 4.78 is 1.02. The number of halogens is 2. The minimum absolute atomic E-state index is 0.194. The highest BCUT2D eigenvalue weighted by atomic mass is 79.9. The van der Waals surface area contributed by atoms with Crippen molar-refractivity contribution in [3.63, 3.8) is 0 Å². The van der Waals surface area contributed by atoms with Gasteiger partial charge in [0.05, 0.1) is 10.7 Å². The second-order valence-electron chi connectivity index (χ2n) is 5.92. The van der Waals surface area contributed by atoms with Crippen LogP contribution in [0.25, 0.3) is 0 Å². The van der Waals surface area contributed by atoms with Crippen molar-refractivity contribution in [2.45, 2.75) is 32.7 Å². The van der Waals surface area contributed by atoms with E-state index in [4.69, 9.17) is 11.6 Å². The van der Waals surface area contributed by atoms with Gasteiger partial charge in [-0.1, -0.05) is 72.6 Å². The summed E-state index contributed by atoms with van der Waals surface area (Å²) >= 11 is 9.62.